The smallest absolute Gasteiger partial charge is 0.263 e. The van der Waals surface area contributed by atoms with Crippen molar-refractivity contribution in [2.75, 3.05) is 23.1 Å². The maximum absolute atomic E-state index is 12.5. The van der Waals surface area contributed by atoms with E-state index in [2.05, 4.69) is 15.0 Å². The summed E-state index contributed by atoms with van der Waals surface area (Å²) in [6, 6.07) is 11.3. The Morgan fingerprint density at radius 1 is 0.938 bits per heavy atom. The van der Waals surface area contributed by atoms with Crippen molar-refractivity contribution in [3.8, 4) is 0 Å². The summed E-state index contributed by atoms with van der Waals surface area (Å²) in [4.78, 5) is 16.5. The number of rotatable bonds is 9. The van der Waals surface area contributed by atoms with Crippen molar-refractivity contribution in [3.05, 3.63) is 65.7 Å². The monoisotopic (exact) mass is 494 g/mol. The molecule has 2 aromatic carbocycles. The molecule has 0 fully saturated rings. The summed E-state index contributed by atoms with van der Waals surface area (Å²) in [6.07, 6.45) is 1.49. The molecule has 0 unspecified atom stereocenters. The summed E-state index contributed by atoms with van der Waals surface area (Å²) in [7, 11) is -7.39. The molecule has 170 valence electrons. The van der Waals surface area contributed by atoms with Crippen LogP contribution in [0, 0.1) is 0 Å². The molecule has 1 aromatic heterocycles. The van der Waals surface area contributed by atoms with E-state index in [1.54, 1.807) is 19.2 Å². The fourth-order valence-corrected chi connectivity index (χ4v) is 6.11. The molecule has 0 spiro atoms. The van der Waals surface area contributed by atoms with Crippen molar-refractivity contribution in [3.63, 3.8) is 0 Å². The predicted octanol–water partition coefficient (Wildman–Crippen LogP) is 3.23. The number of aromatic nitrogens is 1. The molecule has 0 aliphatic carbocycles. The topological polar surface area (TPSA) is 126 Å². The second-order valence-electron chi connectivity index (χ2n) is 6.53. The molecule has 0 aliphatic rings. The van der Waals surface area contributed by atoms with Crippen LogP contribution in [-0.2, 0) is 20.0 Å². The summed E-state index contributed by atoms with van der Waals surface area (Å²) >= 11 is 1.16. The van der Waals surface area contributed by atoms with Crippen LogP contribution in [0.4, 0.5) is 10.8 Å². The molecule has 0 saturated heterocycles. The molecule has 32 heavy (non-hydrogen) atoms. The predicted molar refractivity (Wildman–Crippen MR) is 124 cm³/mol. The average Bonchev–Trinajstić information content (AvgIpc) is 3.27. The quantitative estimate of drug-likeness (QED) is 0.470. The molecule has 1 heterocycles. The van der Waals surface area contributed by atoms with Crippen molar-refractivity contribution in [1.29, 1.82) is 0 Å². The van der Waals surface area contributed by atoms with E-state index in [1.807, 2.05) is 0 Å². The molecular formula is C20H22N4O5S3. The zero-order valence-corrected chi connectivity index (χ0v) is 19.8. The number of anilines is 2. The lowest BCUT2D eigenvalue weighted by molar-refractivity contribution is 0.102. The van der Waals surface area contributed by atoms with Crippen molar-refractivity contribution >= 4 is 48.1 Å². The van der Waals surface area contributed by atoms with E-state index in [1.165, 1.54) is 59.0 Å². The number of nitrogens with zero attached hydrogens (tertiary/aromatic N) is 2. The molecule has 3 aromatic rings. The van der Waals surface area contributed by atoms with Crippen LogP contribution in [0.1, 0.15) is 24.2 Å². The first kappa shape index (κ1) is 23.9. The zero-order chi connectivity index (χ0) is 23.4. The van der Waals surface area contributed by atoms with Gasteiger partial charge in [-0.1, -0.05) is 13.8 Å². The van der Waals surface area contributed by atoms with Crippen LogP contribution in [0.5, 0.6) is 0 Å². The molecule has 0 aliphatic heterocycles. The number of benzene rings is 2. The van der Waals surface area contributed by atoms with Gasteiger partial charge in [0.2, 0.25) is 10.0 Å². The molecular weight excluding hydrogens is 472 g/mol. The van der Waals surface area contributed by atoms with Gasteiger partial charge in [-0.2, -0.15) is 4.31 Å². The van der Waals surface area contributed by atoms with Gasteiger partial charge in [-0.15, -0.1) is 11.3 Å². The highest BCUT2D eigenvalue weighted by Crippen LogP contribution is 2.21. The third kappa shape index (κ3) is 5.33. The standard InChI is InChI=1S/C20H22N4O5S3/c1-3-24(4-2)32(28,29)18-9-5-15(6-10-18)19(25)22-16-7-11-17(12-8-16)31(26,27)23-20-21-13-14-30-20/h5-14H,3-4H2,1-2H3,(H,21,23)(H,22,25). The van der Waals surface area contributed by atoms with E-state index in [4.69, 9.17) is 0 Å². The molecule has 0 bridgehead atoms. The van der Waals surface area contributed by atoms with Gasteiger partial charge in [-0.3, -0.25) is 9.52 Å². The van der Waals surface area contributed by atoms with Crippen molar-refractivity contribution in [1.82, 2.24) is 9.29 Å². The number of hydrogen-bond acceptors (Lipinski definition) is 7. The third-order valence-electron chi connectivity index (χ3n) is 4.54. The van der Waals surface area contributed by atoms with E-state index in [0.717, 1.165) is 11.3 Å². The molecule has 1 amide bonds. The third-order valence-corrected chi connectivity index (χ3v) is 8.77. The summed E-state index contributed by atoms with van der Waals surface area (Å²) < 4.78 is 53.6. The molecule has 0 saturated carbocycles. The second kappa shape index (κ2) is 9.77. The van der Waals surface area contributed by atoms with Gasteiger partial charge in [-0.25, -0.2) is 21.8 Å². The SMILES string of the molecule is CCN(CC)S(=O)(=O)c1ccc(C(=O)Nc2ccc(S(=O)(=O)Nc3nccs3)cc2)cc1. The number of hydrogen-bond donors (Lipinski definition) is 2. The van der Waals surface area contributed by atoms with Crippen LogP contribution in [0.2, 0.25) is 0 Å². The number of carbonyl (C=O) groups excluding carboxylic acids is 1. The van der Waals surface area contributed by atoms with Gasteiger partial charge in [0.05, 0.1) is 9.79 Å². The molecule has 12 heteroatoms. The van der Waals surface area contributed by atoms with Crippen molar-refractivity contribution < 1.29 is 21.6 Å². The maximum Gasteiger partial charge on any atom is 0.263 e. The molecule has 3 rings (SSSR count). The first-order valence-electron chi connectivity index (χ1n) is 9.61. The maximum atomic E-state index is 12.5. The number of amides is 1. The number of carbonyl (C=O) groups is 1. The molecule has 0 atom stereocenters. The Morgan fingerprint density at radius 3 is 2.06 bits per heavy atom. The lowest BCUT2D eigenvalue weighted by atomic mass is 10.2. The number of sulfonamides is 2. The Kier molecular flexibility index (Phi) is 7.29. The van der Waals surface area contributed by atoms with Gasteiger partial charge < -0.3 is 5.32 Å². The zero-order valence-electron chi connectivity index (χ0n) is 17.3. The largest absolute Gasteiger partial charge is 0.322 e. The average molecular weight is 495 g/mol. The van der Waals surface area contributed by atoms with Gasteiger partial charge in [0.15, 0.2) is 5.13 Å². The van der Waals surface area contributed by atoms with Gasteiger partial charge in [0.25, 0.3) is 15.9 Å². The summed E-state index contributed by atoms with van der Waals surface area (Å²) in [5, 5.41) is 4.57. The Labute approximate surface area is 191 Å². The van der Waals surface area contributed by atoms with Gasteiger partial charge >= 0.3 is 0 Å². The van der Waals surface area contributed by atoms with Crippen LogP contribution < -0.4 is 10.0 Å². The number of nitrogens with one attached hydrogen (secondary N) is 2. The van der Waals surface area contributed by atoms with Crippen molar-refractivity contribution in [2.45, 2.75) is 23.6 Å². The number of thiazole rings is 1. The van der Waals surface area contributed by atoms with Crippen molar-refractivity contribution in [2.24, 2.45) is 0 Å². The minimum atomic E-state index is -3.79. The van der Waals surface area contributed by atoms with Crippen LogP contribution >= 0.6 is 11.3 Å². The van der Waals surface area contributed by atoms with E-state index in [0.29, 0.717) is 18.8 Å². The fraction of sp³-hybridized carbons (Fsp3) is 0.200. The van der Waals surface area contributed by atoms with Gasteiger partial charge in [0.1, 0.15) is 0 Å². The van der Waals surface area contributed by atoms with Crippen LogP contribution in [-0.4, -0.2) is 45.1 Å². The first-order chi connectivity index (χ1) is 15.2. The Bertz CT molecular complexity index is 1270. The minimum absolute atomic E-state index is 0.0247. The summed E-state index contributed by atoms with van der Waals surface area (Å²) in [6.45, 7) is 4.22. The minimum Gasteiger partial charge on any atom is -0.322 e. The first-order valence-corrected chi connectivity index (χ1v) is 13.4. The normalized spacial score (nSPS) is 12.0. The van der Waals surface area contributed by atoms with E-state index >= 15 is 0 Å². The Morgan fingerprint density at radius 2 is 1.53 bits per heavy atom. The van der Waals surface area contributed by atoms with Crippen LogP contribution in [0.3, 0.4) is 0 Å². The fourth-order valence-electron chi connectivity index (χ4n) is 2.86. The summed E-state index contributed by atoms with van der Waals surface area (Å²) in [5.74, 6) is -0.451. The van der Waals surface area contributed by atoms with Crippen LogP contribution in [0.25, 0.3) is 0 Å². The lowest BCUT2D eigenvalue weighted by Gasteiger charge is -2.18. The Balaban J connectivity index is 1.69. The highest BCUT2D eigenvalue weighted by molar-refractivity contribution is 7.93. The molecule has 9 nitrogen and oxygen atoms in total. The Hall–Kier alpha value is -2.80. The summed E-state index contributed by atoms with van der Waals surface area (Å²) in [5.41, 5.74) is 0.661. The second-order valence-corrected chi connectivity index (χ2v) is 11.0. The van der Waals surface area contributed by atoms with Crippen LogP contribution in [0.15, 0.2) is 69.9 Å². The van der Waals surface area contributed by atoms with E-state index < -0.39 is 26.0 Å². The van der Waals surface area contributed by atoms with Gasteiger partial charge in [0, 0.05) is 35.9 Å². The highest BCUT2D eigenvalue weighted by atomic mass is 32.2. The van der Waals surface area contributed by atoms with E-state index in [-0.39, 0.29) is 20.5 Å². The van der Waals surface area contributed by atoms with E-state index in [9.17, 15) is 21.6 Å². The highest BCUT2D eigenvalue weighted by Gasteiger charge is 2.22. The lowest BCUT2D eigenvalue weighted by Crippen LogP contribution is -2.30. The molecule has 2 N–H and O–H groups in total. The van der Waals surface area contributed by atoms with Gasteiger partial charge in [-0.05, 0) is 48.5 Å². The molecule has 0 radical (unpaired) electrons.